The molecule has 1 heterocycles. The van der Waals surface area contributed by atoms with E-state index in [1.54, 1.807) is 0 Å². The van der Waals surface area contributed by atoms with Gasteiger partial charge in [-0.2, -0.15) is 4.31 Å². The first kappa shape index (κ1) is 24.4. The molecule has 2 aromatic rings. The number of carbonyl (C=O) groups is 2. The molecule has 1 saturated heterocycles. The monoisotopic (exact) mass is 484 g/mol. The van der Waals surface area contributed by atoms with Crippen LogP contribution in [0.25, 0.3) is 0 Å². The van der Waals surface area contributed by atoms with Crippen molar-refractivity contribution < 1.29 is 22.7 Å². The highest BCUT2D eigenvalue weighted by Crippen LogP contribution is 2.26. The molecule has 0 unspecified atom stereocenters. The second kappa shape index (κ2) is 11.1. The topological polar surface area (TPSA) is 92.8 Å². The van der Waals surface area contributed by atoms with Crippen LogP contribution in [0, 0.1) is 5.92 Å². The van der Waals surface area contributed by atoms with Crippen molar-refractivity contribution in [1.82, 2.24) is 9.62 Å². The Morgan fingerprint density at radius 2 is 1.65 bits per heavy atom. The van der Waals surface area contributed by atoms with Gasteiger partial charge >= 0.3 is 5.97 Å². The summed E-state index contributed by atoms with van der Waals surface area (Å²) in [6.45, 7) is 0.535. The van der Waals surface area contributed by atoms with E-state index in [-0.39, 0.29) is 29.0 Å². The first-order valence-corrected chi connectivity index (χ1v) is 13.5. The van der Waals surface area contributed by atoms with E-state index >= 15 is 0 Å². The minimum Gasteiger partial charge on any atom is -0.452 e. The van der Waals surface area contributed by atoms with E-state index < -0.39 is 16.0 Å². The number of hydrogen-bond donors (Lipinski definition) is 1. The Morgan fingerprint density at radius 1 is 0.941 bits per heavy atom. The molecule has 1 N–H and O–H groups in total. The van der Waals surface area contributed by atoms with E-state index in [9.17, 15) is 18.0 Å². The van der Waals surface area contributed by atoms with Crippen molar-refractivity contribution >= 4 is 21.9 Å². The fraction of sp³-hybridized carbons (Fsp3) is 0.462. The Kier molecular flexibility index (Phi) is 8.00. The molecule has 2 aromatic carbocycles. The number of hydrogen-bond acceptors (Lipinski definition) is 5. The van der Waals surface area contributed by atoms with Crippen LogP contribution in [0.3, 0.4) is 0 Å². The lowest BCUT2D eigenvalue weighted by atomic mass is 9.91. The fourth-order valence-corrected chi connectivity index (χ4v) is 6.30. The van der Waals surface area contributed by atoms with Gasteiger partial charge in [0.1, 0.15) is 0 Å². The highest BCUT2D eigenvalue weighted by molar-refractivity contribution is 7.89. The first-order valence-electron chi connectivity index (χ1n) is 12.0. The molecule has 7 nitrogen and oxygen atoms in total. The van der Waals surface area contributed by atoms with E-state index in [0.717, 1.165) is 44.9 Å². The molecule has 0 spiro atoms. The Morgan fingerprint density at radius 3 is 2.35 bits per heavy atom. The number of nitrogens with one attached hydrogen (secondary N) is 1. The summed E-state index contributed by atoms with van der Waals surface area (Å²) < 4.78 is 33.0. The number of piperidine rings is 1. The largest absolute Gasteiger partial charge is 0.452 e. The van der Waals surface area contributed by atoms with Crippen molar-refractivity contribution in [1.29, 1.82) is 0 Å². The summed E-state index contributed by atoms with van der Waals surface area (Å²) >= 11 is 0. The maximum Gasteiger partial charge on any atom is 0.338 e. The van der Waals surface area contributed by atoms with Gasteiger partial charge in [-0.05, 0) is 61.8 Å². The first-order chi connectivity index (χ1) is 16.4. The number of nitrogens with zero attached hydrogens (tertiary/aromatic N) is 1. The third-order valence-corrected chi connectivity index (χ3v) is 8.60. The van der Waals surface area contributed by atoms with Crippen LogP contribution in [0.4, 0.5) is 0 Å². The van der Waals surface area contributed by atoms with Gasteiger partial charge < -0.3 is 10.1 Å². The second-order valence-corrected chi connectivity index (χ2v) is 11.1. The molecular formula is C26H32N2O5S. The Hall–Kier alpha value is -2.71. The van der Waals surface area contributed by atoms with E-state index in [1.807, 2.05) is 18.2 Å². The van der Waals surface area contributed by atoms with Gasteiger partial charge in [0.15, 0.2) is 6.61 Å². The van der Waals surface area contributed by atoms with Gasteiger partial charge in [0.05, 0.1) is 10.5 Å². The number of benzene rings is 2. The summed E-state index contributed by atoms with van der Waals surface area (Å²) in [5.41, 5.74) is 1.39. The van der Waals surface area contributed by atoms with Crippen molar-refractivity contribution in [2.75, 3.05) is 19.7 Å². The van der Waals surface area contributed by atoms with Crippen LogP contribution < -0.4 is 5.32 Å². The summed E-state index contributed by atoms with van der Waals surface area (Å²) in [6, 6.07) is 16.3. The smallest absolute Gasteiger partial charge is 0.338 e. The minimum absolute atomic E-state index is 0.0684. The van der Waals surface area contributed by atoms with Gasteiger partial charge in [-0.15, -0.1) is 0 Å². The summed E-state index contributed by atoms with van der Waals surface area (Å²) in [7, 11) is -3.72. The molecule has 1 amide bonds. The Labute approximate surface area is 201 Å². The summed E-state index contributed by atoms with van der Waals surface area (Å²) in [5, 5.41) is 2.86. The third kappa shape index (κ3) is 6.24. The van der Waals surface area contributed by atoms with E-state index in [0.29, 0.717) is 19.0 Å². The molecule has 1 saturated carbocycles. The molecule has 0 radical (unpaired) electrons. The third-order valence-electron chi connectivity index (χ3n) is 6.70. The molecule has 182 valence electrons. The van der Waals surface area contributed by atoms with Gasteiger partial charge in [-0.25, -0.2) is 13.2 Å². The van der Waals surface area contributed by atoms with Crippen LogP contribution in [0.2, 0.25) is 0 Å². The molecule has 2 fully saturated rings. The molecule has 1 aliphatic heterocycles. The molecule has 4 rings (SSSR count). The van der Waals surface area contributed by atoms with Crippen LogP contribution in [0.1, 0.15) is 54.4 Å². The Balaban J connectivity index is 1.32. The number of carbonyl (C=O) groups excluding carboxylic acids is 2. The highest BCUT2D eigenvalue weighted by atomic mass is 32.2. The molecule has 8 heteroatoms. The molecule has 0 atom stereocenters. The fourth-order valence-electron chi connectivity index (χ4n) is 4.79. The quantitative estimate of drug-likeness (QED) is 0.579. The van der Waals surface area contributed by atoms with Gasteiger partial charge in [0.2, 0.25) is 10.0 Å². The number of ether oxygens (including phenoxy) is 1. The Bertz CT molecular complexity index is 1090. The van der Waals surface area contributed by atoms with Crippen LogP contribution in [-0.4, -0.2) is 50.3 Å². The van der Waals surface area contributed by atoms with E-state index in [2.05, 4.69) is 17.4 Å². The average molecular weight is 485 g/mol. The van der Waals surface area contributed by atoms with Crippen molar-refractivity contribution in [3.05, 3.63) is 65.7 Å². The molecular weight excluding hydrogens is 452 g/mol. The van der Waals surface area contributed by atoms with Crippen LogP contribution in [0.15, 0.2) is 59.5 Å². The van der Waals surface area contributed by atoms with Crippen LogP contribution in [-0.2, 0) is 26.0 Å². The highest BCUT2D eigenvalue weighted by Gasteiger charge is 2.30. The van der Waals surface area contributed by atoms with Gasteiger partial charge in [-0.3, -0.25) is 4.79 Å². The van der Waals surface area contributed by atoms with Crippen LogP contribution >= 0.6 is 0 Å². The molecule has 2 aliphatic rings. The lowest BCUT2D eigenvalue weighted by Crippen LogP contribution is -2.39. The van der Waals surface area contributed by atoms with Gasteiger partial charge in [-0.1, -0.05) is 49.2 Å². The molecule has 1 aliphatic carbocycles. The summed E-state index contributed by atoms with van der Waals surface area (Å²) in [5.74, 6) is -0.590. The number of rotatable bonds is 8. The predicted molar refractivity (Wildman–Crippen MR) is 129 cm³/mol. The van der Waals surface area contributed by atoms with E-state index in [4.69, 9.17) is 4.74 Å². The average Bonchev–Trinajstić information content (AvgIpc) is 3.36. The van der Waals surface area contributed by atoms with E-state index in [1.165, 1.54) is 34.1 Å². The molecule has 0 bridgehead atoms. The van der Waals surface area contributed by atoms with Gasteiger partial charge in [0.25, 0.3) is 5.91 Å². The number of esters is 1. The van der Waals surface area contributed by atoms with Crippen molar-refractivity contribution in [2.24, 2.45) is 5.92 Å². The van der Waals surface area contributed by atoms with Crippen molar-refractivity contribution in [3.63, 3.8) is 0 Å². The predicted octanol–water partition coefficient (Wildman–Crippen LogP) is 3.55. The van der Waals surface area contributed by atoms with Crippen LogP contribution in [0.5, 0.6) is 0 Å². The molecule has 34 heavy (non-hydrogen) atoms. The number of sulfonamides is 1. The lowest BCUT2D eigenvalue weighted by molar-refractivity contribution is -0.124. The SMILES string of the molecule is O=C(COC(=O)c1cccc(S(=O)(=O)N2CCC(Cc3ccccc3)CC2)c1)NC1CCCC1. The molecule has 0 aromatic heterocycles. The maximum absolute atomic E-state index is 13.2. The van der Waals surface area contributed by atoms with Crippen molar-refractivity contribution in [2.45, 2.75) is 55.9 Å². The maximum atomic E-state index is 13.2. The lowest BCUT2D eigenvalue weighted by Gasteiger charge is -2.31. The standard InChI is InChI=1S/C26H32N2O5S/c29-25(27-23-10-4-5-11-23)19-33-26(30)22-9-6-12-24(18-22)34(31,32)28-15-13-21(14-16-28)17-20-7-2-1-3-8-20/h1-3,6-9,12,18,21,23H,4-5,10-11,13-17,19H2,(H,27,29). The van der Waals surface area contributed by atoms with Gasteiger partial charge in [0, 0.05) is 19.1 Å². The number of amides is 1. The minimum atomic E-state index is -3.72. The zero-order chi connectivity index (χ0) is 24.0. The zero-order valence-corrected chi connectivity index (χ0v) is 20.1. The van der Waals surface area contributed by atoms with Crippen molar-refractivity contribution in [3.8, 4) is 0 Å². The second-order valence-electron chi connectivity index (χ2n) is 9.19. The summed E-state index contributed by atoms with van der Waals surface area (Å²) in [4.78, 5) is 24.5. The summed E-state index contributed by atoms with van der Waals surface area (Å²) in [6.07, 6.45) is 6.63. The normalized spacial score (nSPS) is 18.0. The zero-order valence-electron chi connectivity index (χ0n) is 19.3.